The van der Waals surface area contributed by atoms with E-state index in [4.69, 9.17) is 14.2 Å². The van der Waals surface area contributed by atoms with E-state index < -0.39 is 6.10 Å². The van der Waals surface area contributed by atoms with E-state index in [0.717, 1.165) is 148 Å². The van der Waals surface area contributed by atoms with Crippen LogP contribution in [0.5, 0.6) is 0 Å². The Balaban J connectivity index is 4.32. The quantitative estimate of drug-likeness (QED) is 0.0262. The van der Waals surface area contributed by atoms with Crippen LogP contribution in [0.15, 0.2) is 122 Å². The number of allylic oxidation sites excluding steroid dienone is 20. The maximum atomic E-state index is 12.8. The highest BCUT2D eigenvalue weighted by Crippen LogP contribution is 2.14. The number of carbonyl (C=O) groups is 3. The molecule has 1 atom stereocenters. The normalized spacial score (nSPS) is 13.0. The van der Waals surface area contributed by atoms with Gasteiger partial charge in [0.2, 0.25) is 0 Å². The minimum atomic E-state index is -0.793. The lowest BCUT2D eigenvalue weighted by Gasteiger charge is -2.18. The maximum absolute atomic E-state index is 12.8. The monoisotopic (exact) mass is 969 g/mol. The zero-order chi connectivity index (χ0) is 50.7. The first kappa shape index (κ1) is 65.8. The molecule has 0 spiro atoms. The number of carbonyl (C=O) groups excluding carboxylic acids is 3. The third-order valence-electron chi connectivity index (χ3n) is 11.7. The molecule has 0 fully saturated rings. The number of esters is 3. The summed E-state index contributed by atoms with van der Waals surface area (Å²) in [6.45, 7) is 6.35. The van der Waals surface area contributed by atoms with Crippen molar-refractivity contribution >= 4 is 17.9 Å². The van der Waals surface area contributed by atoms with Gasteiger partial charge in [0.25, 0.3) is 0 Å². The fourth-order valence-electron chi connectivity index (χ4n) is 7.49. The molecule has 6 heteroatoms. The molecule has 0 aliphatic rings. The Morgan fingerprint density at radius 1 is 0.300 bits per heavy atom. The van der Waals surface area contributed by atoms with Crippen LogP contribution in [0.1, 0.15) is 245 Å². The van der Waals surface area contributed by atoms with Crippen molar-refractivity contribution in [3.63, 3.8) is 0 Å². The predicted octanol–water partition coefficient (Wildman–Crippen LogP) is 19.3. The zero-order valence-electron chi connectivity index (χ0n) is 45.2. The molecule has 0 aliphatic carbocycles. The van der Waals surface area contributed by atoms with E-state index in [1.165, 1.54) is 57.8 Å². The average Bonchev–Trinajstić information content (AvgIpc) is 3.36. The first-order chi connectivity index (χ1) is 34.5. The maximum Gasteiger partial charge on any atom is 0.306 e. The van der Waals surface area contributed by atoms with Crippen molar-refractivity contribution in [2.24, 2.45) is 0 Å². The minimum Gasteiger partial charge on any atom is -0.462 e. The van der Waals surface area contributed by atoms with Crippen LogP contribution in [0.3, 0.4) is 0 Å². The topological polar surface area (TPSA) is 78.9 Å². The van der Waals surface area contributed by atoms with Crippen LogP contribution in [0.4, 0.5) is 0 Å². The van der Waals surface area contributed by atoms with E-state index in [0.29, 0.717) is 19.3 Å². The molecule has 0 aliphatic heterocycles. The largest absolute Gasteiger partial charge is 0.462 e. The summed E-state index contributed by atoms with van der Waals surface area (Å²) in [5.41, 5.74) is 0. The SMILES string of the molecule is CC/C=C\C/C=C\C/C=C\C/C=C\C/C=C\C/C=C\CCCCCCCCC(=O)OCC(COC(=O)CCCCCCCCCC)OC(=O)CCCCCCCC/C=C\C/C=C\C/C=C\C/C=C\CC. The van der Waals surface area contributed by atoms with Gasteiger partial charge in [0.05, 0.1) is 0 Å². The molecule has 0 rings (SSSR count). The highest BCUT2D eigenvalue weighted by atomic mass is 16.6. The van der Waals surface area contributed by atoms with E-state index in [-0.39, 0.29) is 31.1 Å². The number of rotatable bonds is 50. The third-order valence-corrected chi connectivity index (χ3v) is 11.7. The second kappa shape index (κ2) is 57.4. The second-order valence-corrected chi connectivity index (χ2v) is 18.4. The van der Waals surface area contributed by atoms with E-state index in [1.54, 1.807) is 0 Å². The Kier molecular flexibility index (Phi) is 54.0. The Bertz CT molecular complexity index is 1490. The molecule has 0 aromatic carbocycles. The predicted molar refractivity (Wildman–Crippen MR) is 302 cm³/mol. The molecule has 0 heterocycles. The first-order valence-electron chi connectivity index (χ1n) is 28.5. The Morgan fingerprint density at radius 3 is 0.871 bits per heavy atom. The molecule has 396 valence electrons. The van der Waals surface area contributed by atoms with Crippen molar-refractivity contribution in [2.45, 2.75) is 252 Å². The number of hydrogen-bond acceptors (Lipinski definition) is 6. The van der Waals surface area contributed by atoms with Crippen LogP contribution in [-0.2, 0) is 28.6 Å². The summed E-state index contributed by atoms with van der Waals surface area (Å²) in [6, 6.07) is 0. The molecule has 0 saturated heterocycles. The first-order valence-corrected chi connectivity index (χ1v) is 28.5. The highest BCUT2D eigenvalue weighted by Gasteiger charge is 2.19. The Morgan fingerprint density at radius 2 is 0.557 bits per heavy atom. The van der Waals surface area contributed by atoms with Gasteiger partial charge < -0.3 is 14.2 Å². The molecule has 0 bridgehead atoms. The van der Waals surface area contributed by atoms with Gasteiger partial charge in [-0.1, -0.05) is 239 Å². The summed E-state index contributed by atoms with van der Waals surface area (Å²) in [6.07, 6.45) is 79.1. The van der Waals surface area contributed by atoms with Gasteiger partial charge in [0, 0.05) is 19.3 Å². The van der Waals surface area contributed by atoms with Crippen LogP contribution in [-0.4, -0.2) is 37.2 Å². The average molecular weight is 970 g/mol. The van der Waals surface area contributed by atoms with Crippen LogP contribution in [0, 0.1) is 0 Å². The molecule has 0 saturated carbocycles. The molecular formula is C64H104O6. The smallest absolute Gasteiger partial charge is 0.306 e. The van der Waals surface area contributed by atoms with Gasteiger partial charge in [-0.2, -0.15) is 0 Å². The second-order valence-electron chi connectivity index (χ2n) is 18.4. The molecule has 70 heavy (non-hydrogen) atoms. The standard InChI is InChI=1S/C64H104O6/c1-4-7-10-13-16-19-21-23-25-27-29-30-31-32-33-34-36-37-39-41-43-45-48-51-54-57-63(66)69-60-61(59-68-62(65)56-53-50-47-18-15-12-9-6-3)70-64(67)58-55-52-49-46-44-42-40-38-35-28-26-24-22-20-17-14-11-8-5-2/h7-8,10-11,16-17,19-20,23-26,29-30,32-33,35-38,61H,4-6,9,12-15,18,21-22,27-28,31,34,39-60H2,1-3H3/b10-7-,11-8-,19-16-,20-17-,25-23-,26-24-,30-29-,33-32-,37-36-,38-35-. The summed E-state index contributed by atoms with van der Waals surface area (Å²) in [5.74, 6) is -0.927. The van der Waals surface area contributed by atoms with E-state index in [1.807, 2.05) is 0 Å². The number of unbranched alkanes of at least 4 members (excludes halogenated alkanes) is 19. The van der Waals surface area contributed by atoms with E-state index >= 15 is 0 Å². The molecule has 0 aromatic heterocycles. The molecule has 0 N–H and O–H groups in total. The summed E-state index contributed by atoms with van der Waals surface area (Å²) in [7, 11) is 0. The number of ether oxygens (including phenoxy) is 3. The molecule has 1 unspecified atom stereocenters. The van der Waals surface area contributed by atoms with Gasteiger partial charge in [-0.25, -0.2) is 0 Å². The van der Waals surface area contributed by atoms with Crippen molar-refractivity contribution in [2.75, 3.05) is 13.2 Å². The lowest BCUT2D eigenvalue weighted by Crippen LogP contribution is -2.30. The lowest BCUT2D eigenvalue weighted by molar-refractivity contribution is -0.167. The van der Waals surface area contributed by atoms with Gasteiger partial charge in [-0.15, -0.1) is 0 Å². The lowest BCUT2D eigenvalue weighted by atomic mass is 10.1. The minimum absolute atomic E-state index is 0.0906. The highest BCUT2D eigenvalue weighted by molar-refractivity contribution is 5.71. The van der Waals surface area contributed by atoms with Crippen molar-refractivity contribution in [3.8, 4) is 0 Å². The van der Waals surface area contributed by atoms with Crippen molar-refractivity contribution in [1.82, 2.24) is 0 Å². The van der Waals surface area contributed by atoms with E-state index in [2.05, 4.69) is 142 Å². The van der Waals surface area contributed by atoms with Gasteiger partial charge in [0.15, 0.2) is 6.10 Å². The van der Waals surface area contributed by atoms with Crippen molar-refractivity contribution in [3.05, 3.63) is 122 Å². The Hall–Kier alpha value is -4.19. The van der Waals surface area contributed by atoms with Gasteiger partial charge >= 0.3 is 17.9 Å². The van der Waals surface area contributed by atoms with Crippen molar-refractivity contribution < 1.29 is 28.6 Å². The fourth-order valence-corrected chi connectivity index (χ4v) is 7.49. The summed E-state index contributed by atoms with van der Waals surface area (Å²) in [5, 5.41) is 0. The summed E-state index contributed by atoms with van der Waals surface area (Å²) < 4.78 is 16.8. The fraction of sp³-hybridized carbons (Fsp3) is 0.641. The van der Waals surface area contributed by atoms with Crippen molar-refractivity contribution in [1.29, 1.82) is 0 Å². The van der Waals surface area contributed by atoms with Gasteiger partial charge in [0.1, 0.15) is 13.2 Å². The zero-order valence-corrected chi connectivity index (χ0v) is 45.2. The number of hydrogen-bond donors (Lipinski definition) is 0. The molecule has 0 amide bonds. The third kappa shape index (κ3) is 54.7. The molecule has 6 nitrogen and oxygen atoms in total. The van der Waals surface area contributed by atoms with Crippen LogP contribution >= 0.6 is 0 Å². The van der Waals surface area contributed by atoms with E-state index in [9.17, 15) is 14.4 Å². The van der Waals surface area contributed by atoms with Crippen LogP contribution in [0.25, 0.3) is 0 Å². The summed E-state index contributed by atoms with van der Waals surface area (Å²) >= 11 is 0. The molecular weight excluding hydrogens is 865 g/mol. The van der Waals surface area contributed by atoms with Gasteiger partial charge in [-0.3, -0.25) is 14.4 Å². The van der Waals surface area contributed by atoms with Crippen LogP contribution in [0.2, 0.25) is 0 Å². The Labute approximate surface area is 431 Å². The van der Waals surface area contributed by atoms with Crippen LogP contribution < -0.4 is 0 Å². The molecule has 0 radical (unpaired) electrons. The van der Waals surface area contributed by atoms with Gasteiger partial charge in [-0.05, 0) is 109 Å². The molecule has 0 aromatic rings. The summed E-state index contributed by atoms with van der Waals surface area (Å²) in [4.78, 5) is 38.0.